The lowest BCUT2D eigenvalue weighted by Crippen LogP contribution is -2.29. The molecule has 1 aliphatic rings. The summed E-state index contributed by atoms with van der Waals surface area (Å²) in [5.41, 5.74) is 2.36. The van der Waals surface area contributed by atoms with Crippen LogP contribution in [0.15, 0.2) is 72.8 Å². The van der Waals surface area contributed by atoms with Crippen molar-refractivity contribution >= 4 is 23.5 Å². The summed E-state index contributed by atoms with van der Waals surface area (Å²) in [5, 5.41) is 0. The molecule has 3 aromatic rings. The van der Waals surface area contributed by atoms with Crippen LogP contribution < -0.4 is 9.64 Å². The van der Waals surface area contributed by atoms with Gasteiger partial charge in [0.2, 0.25) is 0 Å². The van der Waals surface area contributed by atoms with E-state index in [4.69, 9.17) is 4.74 Å². The van der Waals surface area contributed by atoms with E-state index < -0.39 is 5.97 Å². The summed E-state index contributed by atoms with van der Waals surface area (Å²) < 4.78 is 5.40. The van der Waals surface area contributed by atoms with Crippen LogP contribution in [-0.2, 0) is 0 Å². The largest absolute Gasteiger partial charge is 0.423 e. The minimum atomic E-state index is -0.502. The number of benzene rings is 3. The molecule has 0 aliphatic carbocycles. The molecule has 3 aromatic carbocycles. The SMILES string of the molecule is Cc1ccccc1OC(=O)c1ccc(N2C(=O)c3ccccc3C2=O)cc1. The number of nitrogens with zero attached hydrogens (tertiary/aromatic N) is 1. The molecule has 0 saturated heterocycles. The predicted molar refractivity (Wildman–Crippen MR) is 100 cm³/mol. The molecular weight excluding hydrogens is 342 g/mol. The topological polar surface area (TPSA) is 63.7 Å². The number of aryl methyl sites for hydroxylation is 1. The van der Waals surface area contributed by atoms with Crippen LogP contribution in [0.1, 0.15) is 36.6 Å². The summed E-state index contributed by atoms with van der Waals surface area (Å²) in [6, 6.07) is 20.1. The molecule has 1 heterocycles. The maximum absolute atomic E-state index is 12.5. The zero-order valence-electron chi connectivity index (χ0n) is 14.5. The van der Waals surface area contributed by atoms with Crippen molar-refractivity contribution in [2.75, 3.05) is 4.90 Å². The number of amides is 2. The number of para-hydroxylation sites is 1. The van der Waals surface area contributed by atoms with Crippen LogP contribution in [-0.4, -0.2) is 17.8 Å². The summed E-state index contributed by atoms with van der Waals surface area (Å²) in [6.07, 6.45) is 0. The smallest absolute Gasteiger partial charge is 0.343 e. The molecule has 0 spiro atoms. The Hall–Kier alpha value is -3.73. The number of hydrogen-bond acceptors (Lipinski definition) is 4. The second-order valence-electron chi connectivity index (χ2n) is 6.19. The van der Waals surface area contributed by atoms with Gasteiger partial charge in [0.1, 0.15) is 5.75 Å². The van der Waals surface area contributed by atoms with Gasteiger partial charge in [-0.15, -0.1) is 0 Å². The second kappa shape index (κ2) is 6.53. The molecule has 0 radical (unpaired) electrons. The van der Waals surface area contributed by atoms with Gasteiger partial charge >= 0.3 is 5.97 Å². The van der Waals surface area contributed by atoms with Gasteiger partial charge in [0.25, 0.3) is 11.8 Å². The van der Waals surface area contributed by atoms with Crippen molar-refractivity contribution in [3.8, 4) is 5.75 Å². The van der Waals surface area contributed by atoms with E-state index >= 15 is 0 Å². The highest BCUT2D eigenvalue weighted by Gasteiger charge is 2.36. The highest BCUT2D eigenvalue weighted by atomic mass is 16.5. The Morgan fingerprint density at radius 1 is 0.778 bits per heavy atom. The van der Waals surface area contributed by atoms with Gasteiger partial charge in [-0.2, -0.15) is 0 Å². The third kappa shape index (κ3) is 2.89. The maximum Gasteiger partial charge on any atom is 0.343 e. The number of rotatable bonds is 3. The summed E-state index contributed by atoms with van der Waals surface area (Å²) in [7, 11) is 0. The zero-order valence-corrected chi connectivity index (χ0v) is 14.5. The fraction of sp³-hybridized carbons (Fsp3) is 0.0455. The van der Waals surface area contributed by atoms with Crippen molar-refractivity contribution in [2.45, 2.75) is 6.92 Å². The number of esters is 1. The van der Waals surface area contributed by atoms with Crippen molar-refractivity contribution in [1.29, 1.82) is 0 Å². The van der Waals surface area contributed by atoms with Gasteiger partial charge in [-0.3, -0.25) is 9.59 Å². The Balaban J connectivity index is 1.57. The van der Waals surface area contributed by atoms with Crippen molar-refractivity contribution in [1.82, 2.24) is 0 Å². The summed E-state index contributed by atoms with van der Waals surface area (Å²) in [4.78, 5) is 38.5. The summed E-state index contributed by atoms with van der Waals surface area (Å²) in [6.45, 7) is 1.86. The molecular formula is C22H15NO4. The van der Waals surface area contributed by atoms with E-state index in [1.165, 1.54) is 0 Å². The Morgan fingerprint density at radius 2 is 1.33 bits per heavy atom. The first-order valence-electron chi connectivity index (χ1n) is 8.42. The Morgan fingerprint density at radius 3 is 1.93 bits per heavy atom. The summed E-state index contributed by atoms with van der Waals surface area (Å²) >= 11 is 0. The zero-order chi connectivity index (χ0) is 19.0. The van der Waals surface area contributed by atoms with Crippen LogP contribution in [0, 0.1) is 6.92 Å². The van der Waals surface area contributed by atoms with E-state index in [1.807, 2.05) is 19.1 Å². The van der Waals surface area contributed by atoms with Gasteiger partial charge in [-0.05, 0) is 55.0 Å². The summed E-state index contributed by atoms with van der Waals surface area (Å²) in [5.74, 6) is -0.748. The number of hydrogen-bond donors (Lipinski definition) is 0. The molecule has 1 aliphatic heterocycles. The van der Waals surface area contributed by atoms with Crippen LogP contribution in [0.2, 0.25) is 0 Å². The number of imide groups is 1. The molecule has 132 valence electrons. The van der Waals surface area contributed by atoms with Crippen molar-refractivity contribution in [3.05, 3.63) is 95.1 Å². The van der Waals surface area contributed by atoms with Crippen molar-refractivity contribution < 1.29 is 19.1 Å². The van der Waals surface area contributed by atoms with E-state index in [0.29, 0.717) is 28.1 Å². The molecule has 0 saturated carbocycles. The molecule has 2 amide bonds. The van der Waals surface area contributed by atoms with E-state index in [-0.39, 0.29) is 11.8 Å². The van der Waals surface area contributed by atoms with Gasteiger partial charge in [-0.25, -0.2) is 9.69 Å². The molecule has 5 heteroatoms. The maximum atomic E-state index is 12.5. The van der Waals surface area contributed by atoms with Crippen LogP contribution in [0.5, 0.6) is 5.75 Å². The normalized spacial score (nSPS) is 12.9. The molecule has 0 aromatic heterocycles. The second-order valence-corrected chi connectivity index (χ2v) is 6.19. The average molecular weight is 357 g/mol. The molecule has 5 nitrogen and oxygen atoms in total. The lowest BCUT2D eigenvalue weighted by molar-refractivity contribution is 0.0733. The number of ether oxygens (including phenoxy) is 1. The van der Waals surface area contributed by atoms with Crippen molar-refractivity contribution in [3.63, 3.8) is 0 Å². The molecule has 0 N–H and O–H groups in total. The Labute approximate surface area is 155 Å². The number of carbonyl (C=O) groups is 3. The molecule has 0 atom stereocenters. The van der Waals surface area contributed by atoms with E-state index in [1.54, 1.807) is 60.7 Å². The van der Waals surface area contributed by atoms with Gasteiger partial charge in [0.15, 0.2) is 0 Å². The fourth-order valence-electron chi connectivity index (χ4n) is 3.00. The van der Waals surface area contributed by atoms with Crippen LogP contribution >= 0.6 is 0 Å². The fourth-order valence-corrected chi connectivity index (χ4v) is 3.00. The first-order chi connectivity index (χ1) is 13.1. The van der Waals surface area contributed by atoms with Gasteiger partial charge in [-0.1, -0.05) is 30.3 Å². The first kappa shape index (κ1) is 16.7. The third-order valence-electron chi connectivity index (χ3n) is 4.45. The quantitative estimate of drug-likeness (QED) is 0.404. The lowest BCUT2D eigenvalue weighted by Gasteiger charge is -2.14. The lowest BCUT2D eigenvalue weighted by atomic mass is 10.1. The monoisotopic (exact) mass is 357 g/mol. The predicted octanol–water partition coefficient (Wildman–Crippen LogP) is 4.01. The third-order valence-corrected chi connectivity index (χ3v) is 4.45. The van der Waals surface area contributed by atoms with E-state index in [9.17, 15) is 14.4 Å². The number of fused-ring (bicyclic) bond motifs is 1. The molecule has 0 unspecified atom stereocenters. The molecule has 4 rings (SSSR count). The van der Waals surface area contributed by atoms with Crippen LogP contribution in [0.3, 0.4) is 0 Å². The standard InChI is InChI=1S/C22H15NO4/c1-14-6-2-5-9-19(14)27-22(26)15-10-12-16(13-11-15)23-20(24)17-7-3-4-8-18(17)21(23)25/h2-13H,1H3. The van der Waals surface area contributed by atoms with Gasteiger partial charge < -0.3 is 4.74 Å². The van der Waals surface area contributed by atoms with Gasteiger partial charge in [0, 0.05) is 0 Å². The van der Waals surface area contributed by atoms with E-state index in [2.05, 4.69) is 0 Å². The molecule has 0 fully saturated rings. The van der Waals surface area contributed by atoms with Crippen LogP contribution in [0.25, 0.3) is 0 Å². The van der Waals surface area contributed by atoms with Crippen molar-refractivity contribution in [2.24, 2.45) is 0 Å². The number of anilines is 1. The Kier molecular flexibility index (Phi) is 4.05. The Bertz CT molecular complexity index is 1030. The first-order valence-corrected chi connectivity index (χ1v) is 8.42. The average Bonchev–Trinajstić information content (AvgIpc) is 2.95. The minimum Gasteiger partial charge on any atom is -0.423 e. The van der Waals surface area contributed by atoms with Gasteiger partial charge in [0.05, 0.1) is 22.4 Å². The number of carbonyl (C=O) groups excluding carboxylic acids is 3. The minimum absolute atomic E-state index is 0.332. The highest BCUT2D eigenvalue weighted by molar-refractivity contribution is 6.34. The molecule has 27 heavy (non-hydrogen) atoms. The highest BCUT2D eigenvalue weighted by Crippen LogP contribution is 2.28. The van der Waals surface area contributed by atoms with Crippen LogP contribution in [0.4, 0.5) is 5.69 Å². The van der Waals surface area contributed by atoms with E-state index in [0.717, 1.165) is 10.5 Å². The molecule has 0 bridgehead atoms.